The van der Waals surface area contributed by atoms with Gasteiger partial charge in [0.05, 0.1) is 40.9 Å². The summed E-state index contributed by atoms with van der Waals surface area (Å²) in [6.45, 7) is 12.1. The van der Waals surface area contributed by atoms with Crippen molar-refractivity contribution < 1.29 is 17.9 Å². The van der Waals surface area contributed by atoms with Crippen LogP contribution in [-0.2, 0) is 10.0 Å². The van der Waals surface area contributed by atoms with Gasteiger partial charge in [0.1, 0.15) is 5.69 Å². The SMILES string of the molecule is C=C(NC=CC(C)=NS(=O)(=O)C1CC1)[C@@H](CN1CCNCC1)NC(=O)c1ncc(-c2cncc(OCC)n2)s1. The van der Waals surface area contributed by atoms with Crippen LogP contribution in [0.15, 0.2) is 47.5 Å². The highest BCUT2D eigenvalue weighted by Crippen LogP contribution is 2.29. The second-order valence-electron chi connectivity index (χ2n) is 9.23. The summed E-state index contributed by atoms with van der Waals surface area (Å²) < 4.78 is 33.5. The first-order valence-electron chi connectivity index (χ1n) is 12.8. The van der Waals surface area contributed by atoms with Crippen molar-refractivity contribution in [2.45, 2.75) is 38.0 Å². The number of sulfonamides is 1. The van der Waals surface area contributed by atoms with Crippen molar-refractivity contribution >= 4 is 33.0 Å². The summed E-state index contributed by atoms with van der Waals surface area (Å²) >= 11 is 1.21. The fraction of sp³-hybridized carbons (Fsp3) is 0.480. The van der Waals surface area contributed by atoms with Crippen molar-refractivity contribution in [1.82, 2.24) is 35.8 Å². The molecule has 0 spiro atoms. The van der Waals surface area contributed by atoms with Gasteiger partial charge in [0.15, 0.2) is 5.01 Å². The molecular formula is C25H34N8O4S2. The van der Waals surface area contributed by atoms with E-state index in [1.54, 1.807) is 31.6 Å². The fourth-order valence-corrected chi connectivity index (χ4v) is 5.95. The van der Waals surface area contributed by atoms with Crippen LogP contribution in [0.2, 0.25) is 0 Å². The molecule has 3 heterocycles. The minimum absolute atomic E-state index is 0.288. The van der Waals surface area contributed by atoms with Crippen molar-refractivity contribution in [3.05, 3.63) is 48.2 Å². The summed E-state index contributed by atoms with van der Waals surface area (Å²) in [6.07, 6.45) is 9.24. The van der Waals surface area contributed by atoms with Crippen LogP contribution in [0.5, 0.6) is 5.88 Å². The number of nitrogens with one attached hydrogen (secondary N) is 3. The molecule has 1 saturated carbocycles. The monoisotopic (exact) mass is 574 g/mol. The van der Waals surface area contributed by atoms with Crippen molar-refractivity contribution in [3.63, 3.8) is 0 Å². The minimum Gasteiger partial charge on any atom is -0.477 e. The van der Waals surface area contributed by atoms with Crippen LogP contribution < -0.4 is 20.7 Å². The first-order valence-corrected chi connectivity index (χ1v) is 15.1. The maximum absolute atomic E-state index is 13.2. The number of hydrogen-bond acceptors (Lipinski definition) is 11. The molecule has 4 rings (SSSR count). The zero-order valence-electron chi connectivity index (χ0n) is 22.1. The number of carbonyl (C=O) groups excluding carboxylic acids is 1. The summed E-state index contributed by atoms with van der Waals surface area (Å²) in [6, 6.07) is -0.430. The fourth-order valence-electron chi connectivity index (χ4n) is 3.84. The molecule has 0 unspecified atom stereocenters. The molecule has 1 saturated heterocycles. The second-order valence-corrected chi connectivity index (χ2v) is 12.1. The van der Waals surface area contributed by atoms with Crippen molar-refractivity contribution in [1.29, 1.82) is 0 Å². The van der Waals surface area contributed by atoms with E-state index in [1.165, 1.54) is 17.5 Å². The molecule has 210 valence electrons. The summed E-state index contributed by atoms with van der Waals surface area (Å²) in [4.78, 5) is 29.0. The Kier molecular flexibility index (Phi) is 9.78. The lowest BCUT2D eigenvalue weighted by Gasteiger charge is -2.32. The summed E-state index contributed by atoms with van der Waals surface area (Å²) in [5.41, 5.74) is 1.51. The Morgan fingerprint density at radius 3 is 2.82 bits per heavy atom. The molecule has 0 radical (unpaired) electrons. The van der Waals surface area contributed by atoms with Gasteiger partial charge in [-0.1, -0.05) is 6.58 Å². The number of hydrogen-bond donors (Lipinski definition) is 3. The average Bonchev–Trinajstić information content (AvgIpc) is 3.67. The average molecular weight is 575 g/mol. The molecular weight excluding hydrogens is 540 g/mol. The van der Waals surface area contributed by atoms with Crippen LogP contribution in [0.3, 0.4) is 0 Å². The number of piperazine rings is 1. The van der Waals surface area contributed by atoms with Crippen LogP contribution in [0.25, 0.3) is 10.6 Å². The van der Waals surface area contributed by atoms with Gasteiger partial charge >= 0.3 is 0 Å². The van der Waals surface area contributed by atoms with Crippen LogP contribution in [0.1, 0.15) is 36.5 Å². The molecule has 1 aliphatic carbocycles. The first-order chi connectivity index (χ1) is 18.7. The van der Waals surface area contributed by atoms with Gasteiger partial charge in [-0.3, -0.25) is 14.7 Å². The summed E-state index contributed by atoms with van der Waals surface area (Å²) in [5, 5.41) is 9.38. The standard InChI is InChI=1S/C25H34N8O4S2/c1-4-37-23-15-27-13-20(30-23)22-14-29-25(38-22)24(34)31-21(16-33-11-9-26-10-12-33)18(3)28-8-7-17(2)32-39(35,36)19-5-6-19/h7-8,13-15,19,21,26,28H,3-6,9-12,16H2,1-2H3,(H,31,34)/t21-/m1/s1. The van der Waals surface area contributed by atoms with E-state index in [0.717, 1.165) is 26.2 Å². The number of thiazole rings is 1. The third kappa shape index (κ3) is 8.39. The number of aromatic nitrogens is 3. The Labute approximate surface area is 232 Å². The largest absolute Gasteiger partial charge is 0.477 e. The van der Waals surface area contributed by atoms with E-state index in [2.05, 4.69) is 46.8 Å². The Balaban J connectivity index is 1.43. The number of ether oxygens (including phenoxy) is 1. The third-order valence-electron chi connectivity index (χ3n) is 6.04. The van der Waals surface area contributed by atoms with Gasteiger partial charge in [0.25, 0.3) is 15.9 Å². The molecule has 39 heavy (non-hydrogen) atoms. The molecule has 2 aromatic heterocycles. The molecule has 3 N–H and O–H groups in total. The summed E-state index contributed by atoms with van der Waals surface area (Å²) in [5.74, 6) is 0.0758. The molecule has 2 aliphatic rings. The lowest BCUT2D eigenvalue weighted by Crippen LogP contribution is -2.51. The highest BCUT2D eigenvalue weighted by atomic mass is 32.2. The zero-order valence-corrected chi connectivity index (χ0v) is 23.7. The Bertz CT molecular complexity index is 1330. The van der Waals surface area contributed by atoms with Gasteiger partial charge in [0, 0.05) is 50.8 Å². The van der Waals surface area contributed by atoms with Gasteiger partial charge in [-0.2, -0.15) is 4.40 Å². The normalized spacial score (nSPS) is 17.6. The van der Waals surface area contributed by atoms with Crippen LogP contribution in [0.4, 0.5) is 0 Å². The van der Waals surface area contributed by atoms with Gasteiger partial charge in [0.2, 0.25) is 5.88 Å². The lowest BCUT2D eigenvalue weighted by atomic mass is 10.2. The van der Waals surface area contributed by atoms with Crippen LogP contribution in [-0.4, -0.2) is 90.5 Å². The molecule has 2 aromatic rings. The van der Waals surface area contributed by atoms with Gasteiger partial charge < -0.3 is 20.7 Å². The predicted octanol–water partition coefficient (Wildman–Crippen LogP) is 1.57. The number of nitrogens with zero attached hydrogens (tertiary/aromatic N) is 5. The topological polar surface area (TPSA) is 151 Å². The molecule has 0 aromatic carbocycles. The van der Waals surface area contributed by atoms with E-state index in [-0.39, 0.29) is 16.2 Å². The molecule has 14 heteroatoms. The molecule has 0 bridgehead atoms. The second kappa shape index (κ2) is 13.2. The van der Waals surface area contributed by atoms with Crippen molar-refractivity contribution in [2.75, 3.05) is 39.3 Å². The molecule has 1 amide bonds. The van der Waals surface area contributed by atoms with Gasteiger partial charge in [-0.25, -0.2) is 18.4 Å². The van der Waals surface area contributed by atoms with E-state index >= 15 is 0 Å². The predicted molar refractivity (Wildman–Crippen MR) is 151 cm³/mol. The van der Waals surface area contributed by atoms with E-state index in [9.17, 15) is 13.2 Å². The Morgan fingerprint density at radius 2 is 2.10 bits per heavy atom. The lowest BCUT2D eigenvalue weighted by molar-refractivity contribution is 0.0929. The number of carbonyl (C=O) groups is 1. The molecule has 2 fully saturated rings. The number of allylic oxidation sites excluding steroid dienone is 1. The summed E-state index contributed by atoms with van der Waals surface area (Å²) in [7, 11) is -3.45. The smallest absolute Gasteiger partial charge is 0.280 e. The molecule has 1 atom stereocenters. The van der Waals surface area contributed by atoms with E-state index < -0.39 is 16.1 Å². The maximum Gasteiger partial charge on any atom is 0.280 e. The van der Waals surface area contributed by atoms with Crippen LogP contribution >= 0.6 is 11.3 Å². The Hall–Kier alpha value is -3.20. The van der Waals surface area contributed by atoms with Crippen LogP contribution in [0, 0.1) is 0 Å². The maximum atomic E-state index is 13.2. The first kappa shape index (κ1) is 28.8. The Morgan fingerprint density at radius 1 is 1.33 bits per heavy atom. The van der Waals surface area contributed by atoms with E-state index in [0.29, 0.717) is 53.9 Å². The molecule has 1 aliphatic heterocycles. The minimum atomic E-state index is -3.45. The third-order valence-corrected chi connectivity index (χ3v) is 8.92. The number of rotatable bonds is 13. The highest BCUT2D eigenvalue weighted by Gasteiger charge is 2.35. The van der Waals surface area contributed by atoms with Gasteiger partial charge in [-0.05, 0) is 32.8 Å². The zero-order chi connectivity index (χ0) is 27.8. The van der Waals surface area contributed by atoms with Crippen molar-refractivity contribution in [2.24, 2.45) is 4.40 Å². The van der Waals surface area contributed by atoms with E-state index in [1.807, 2.05) is 6.92 Å². The molecule has 12 nitrogen and oxygen atoms in total. The quantitative estimate of drug-likeness (QED) is 0.301. The highest BCUT2D eigenvalue weighted by molar-refractivity contribution is 7.91. The number of amides is 1. The van der Waals surface area contributed by atoms with Crippen molar-refractivity contribution in [3.8, 4) is 16.5 Å². The van der Waals surface area contributed by atoms with E-state index in [4.69, 9.17) is 4.74 Å². The van der Waals surface area contributed by atoms with Gasteiger partial charge in [-0.15, -0.1) is 11.3 Å².